The Bertz CT molecular complexity index is 853. The first kappa shape index (κ1) is 26.4. The van der Waals surface area contributed by atoms with E-state index in [-0.39, 0.29) is 17.8 Å². The van der Waals surface area contributed by atoms with Crippen LogP contribution in [0.2, 0.25) is 0 Å². The number of carbonyl (C=O) groups excluding carboxylic acids is 2. The number of ether oxygens (including phenoxy) is 1. The van der Waals surface area contributed by atoms with Crippen molar-refractivity contribution >= 4 is 23.7 Å². The molecule has 2 rings (SSSR count). The highest BCUT2D eigenvalue weighted by atomic mass is 16.7. The molecule has 1 saturated carbocycles. The van der Waals surface area contributed by atoms with E-state index in [1.54, 1.807) is 26.8 Å². The molecule has 1 aliphatic rings. The van der Waals surface area contributed by atoms with E-state index in [0.717, 1.165) is 12.8 Å². The van der Waals surface area contributed by atoms with Crippen LogP contribution in [-0.2, 0) is 19.2 Å². The van der Waals surface area contributed by atoms with Crippen molar-refractivity contribution in [3.63, 3.8) is 0 Å². The van der Waals surface area contributed by atoms with Crippen molar-refractivity contribution in [3.05, 3.63) is 35.4 Å². The van der Waals surface area contributed by atoms with E-state index in [1.165, 1.54) is 50.3 Å². The quantitative estimate of drug-likeness (QED) is 0.171. The fourth-order valence-electron chi connectivity index (χ4n) is 4.05. The van der Waals surface area contributed by atoms with Gasteiger partial charge in [0.05, 0.1) is 17.9 Å². The molecule has 0 saturated heterocycles. The molecule has 8 nitrogen and oxygen atoms in total. The van der Waals surface area contributed by atoms with Gasteiger partial charge < -0.3 is 20.4 Å². The monoisotopic (exact) mass is 460 g/mol. The average molecular weight is 461 g/mol. The van der Waals surface area contributed by atoms with E-state index in [4.69, 9.17) is 20.4 Å². The summed E-state index contributed by atoms with van der Waals surface area (Å²) in [5.41, 5.74) is 5.60. The minimum Gasteiger partial charge on any atom is -0.478 e. The standard InChI is InChI=1S/C25H36N2O6/c1-25(2,3)32-21(28)16-20(14-7-11-17-9-5-4-6-10-17)24(31)33-27-22(26)18-12-8-13-19(15-18)23(29)30/h8,12-13,15,17,20H,4-7,9-11,14,16H2,1-3H3,(H2,26,27)(H,29,30)/t20-/m1/s1. The molecule has 8 heteroatoms. The predicted molar refractivity (Wildman–Crippen MR) is 125 cm³/mol. The van der Waals surface area contributed by atoms with Crippen LogP contribution in [0.4, 0.5) is 0 Å². The largest absolute Gasteiger partial charge is 0.478 e. The second-order valence-electron chi connectivity index (χ2n) is 9.70. The lowest BCUT2D eigenvalue weighted by molar-refractivity contribution is -0.161. The van der Waals surface area contributed by atoms with Gasteiger partial charge >= 0.3 is 17.9 Å². The molecule has 0 amide bonds. The van der Waals surface area contributed by atoms with Crippen molar-refractivity contribution in [2.45, 2.75) is 84.2 Å². The Balaban J connectivity index is 2.02. The molecule has 1 aromatic carbocycles. The Hall–Kier alpha value is -2.90. The van der Waals surface area contributed by atoms with Crippen LogP contribution in [0.1, 0.15) is 94.5 Å². The fraction of sp³-hybridized carbons (Fsp3) is 0.600. The number of hydrogen-bond acceptors (Lipinski definition) is 6. The van der Waals surface area contributed by atoms with E-state index in [1.807, 2.05) is 0 Å². The molecule has 1 aromatic rings. The van der Waals surface area contributed by atoms with E-state index >= 15 is 0 Å². The SMILES string of the molecule is CC(C)(C)OC(=O)C[C@@H](CCCC1CCCCC1)C(=O)O/N=C(\N)c1cccc(C(=O)O)c1. The normalized spacial score (nSPS) is 16.2. The molecule has 0 unspecified atom stereocenters. The number of nitrogens with zero attached hydrogens (tertiary/aromatic N) is 1. The van der Waals surface area contributed by atoms with Gasteiger partial charge in [-0.3, -0.25) is 4.79 Å². The predicted octanol–water partition coefficient (Wildman–Crippen LogP) is 4.65. The Morgan fingerprint density at radius 3 is 2.45 bits per heavy atom. The van der Waals surface area contributed by atoms with Crippen molar-refractivity contribution < 1.29 is 29.1 Å². The van der Waals surface area contributed by atoms with Gasteiger partial charge in [-0.1, -0.05) is 62.2 Å². The molecule has 0 spiro atoms. The number of carbonyl (C=O) groups is 3. The Labute approximate surface area is 195 Å². The second kappa shape index (κ2) is 12.4. The van der Waals surface area contributed by atoms with Crippen LogP contribution < -0.4 is 5.73 Å². The zero-order valence-electron chi connectivity index (χ0n) is 19.8. The number of benzene rings is 1. The van der Waals surface area contributed by atoms with Crippen molar-refractivity contribution in [2.75, 3.05) is 0 Å². The highest BCUT2D eigenvalue weighted by molar-refractivity contribution is 5.99. The molecule has 1 aliphatic carbocycles. The summed E-state index contributed by atoms with van der Waals surface area (Å²) in [6, 6.07) is 5.87. The van der Waals surface area contributed by atoms with Gasteiger partial charge in [0.15, 0.2) is 5.84 Å². The van der Waals surface area contributed by atoms with Gasteiger partial charge in [-0.2, -0.15) is 0 Å². The van der Waals surface area contributed by atoms with Gasteiger partial charge in [-0.15, -0.1) is 0 Å². The van der Waals surface area contributed by atoms with Gasteiger partial charge in [-0.05, 0) is 45.2 Å². The van der Waals surface area contributed by atoms with Crippen LogP contribution in [0.3, 0.4) is 0 Å². The van der Waals surface area contributed by atoms with E-state index in [9.17, 15) is 14.4 Å². The molecule has 0 aromatic heterocycles. The lowest BCUT2D eigenvalue weighted by Crippen LogP contribution is -2.28. The maximum Gasteiger partial charge on any atom is 0.338 e. The number of nitrogens with two attached hydrogens (primary N) is 1. The highest BCUT2D eigenvalue weighted by Gasteiger charge is 2.27. The summed E-state index contributed by atoms with van der Waals surface area (Å²) in [4.78, 5) is 41.3. The number of aromatic carboxylic acids is 1. The van der Waals surface area contributed by atoms with Crippen LogP contribution in [0.25, 0.3) is 0 Å². The average Bonchev–Trinajstić information content (AvgIpc) is 2.76. The molecule has 33 heavy (non-hydrogen) atoms. The second-order valence-corrected chi connectivity index (χ2v) is 9.70. The van der Waals surface area contributed by atoms with Crippen molar-refractivity contribution in [2.24, 2.45) is 22.7 Å². The van der Waals surface area contributed by atoms with Crippen LogP contribution >= 0.6 is 0 Å². The number of carboxylic acids is 1. The minimum absolute atomic E-state index is 0.0440. The first-order chi connectivity index (χ1) is 15.5. The smallest absolute Gasteiger partial charge is 0.338 e. The van der Waals surface area contributed by atoms with Crippen LogP contribution in [0.15, 0.2) is 29.4 Å². The molecular weight excluding hydrogens is 424 g/mol. The Morgan fingerprint density at radius 2 is 1.82 bits per heavy atom. The Kier molecular flexibility index (Phi) is 9.88. The van der Waals surface area contributed by atoms with Gasteiger partial charge in [0.25, 0.3) is 0 Å². The number of oxime groups is 1. The molecule has 0 bridgehead atoms. The summed E-state index contributed by atoms with van der Waals surface area (Å²) in [5, 5.41) is 12.8. The van der Waals surface area contributed by atoms with E-state index < -0.39 is 29.4 Å². The number of rotatable bonds is 10. The molecular formula is C25H36N2O6. The molecule has 0 aliphatic heterocycles. The van der Waals surface area contributed by atoms with Gasteiger partial charge in [0.2, 0.25) is 0 Å². The van der Waals surface area contributed by atoms with Gasteiger partial charge in [0.1, 0.15) is 5.60 Å². The number of amidine groups is 1. The molecule has 1 fully saturated rings. The van der Waals surface area contributed by atoms with E-state index in [0.29, 0.717) is 17.9 Å². The Morgan fingerprint density at radius 1 is 1.15 bits per heavy atom. The number of esters is 1. The van der Waals surface area contributed by atoms with Crippen LogP contribution in [0.5, 0.6) is 0 Å². The molecule has 182 valence electrons. The van der Waals surface area contributed by atoms with Crippen molar-refractivity contribution in [1.82, 2.24) is 0 Å². The summed E-state index contributed by atoms with van der Waals surface area (Å²) in [6.07, 6.45) is 8.48. The third-order valence-electron chi connectivity index (χ3n) is 5.70. The van der Waals surface area contributed by atoms with Crippen molar-refractivity contribution in [3.8, 4) is 0 Å². The lowest BCUT2D eigenvalue weighted by Gasteiger charge is -2.23. The lowest BCUT2D eigenvalue weighted by atomic mass is 9.84. The maximum absolute atomic E-state index is 12.8. The minimum atomic E-state index is -1.10. The summed E-state index contributed by atoms with van der Waals surface area (Å²) in [5.74, 6) is -2.35. The zero-order chi connectivity index (χ0) is 24.4. The zero-order valence-corrected chi connectivity index (χ0v) is 19.8. The highest BCUT2D eigenvalue weighted by Crippen LogP contribution is 2.29. The molecule has 0 heterocycles. The number of hydrogen-bond donors (Lipinski definition) is 2. The number of carboxylic acid groups (broad SMARTS) is 1. The first-order valence-corrected chi connectivity index (χ1v) is 11.6. The summed E-state index contributed by atoms with van der Waals surface area (Å²) < 4.78 is 5.38. The topological polar surface area (TPSA) is 128 Å². The summed E-state index contributed by atoms with van der Waals surface area (Å²) >= 11 is 0. The van der Waals surface area contributed by atoms with Crippen molar-refractivity contribution in [1.29, 1.82) is 0 Å². The van der Waals surface area contributed by atoms with Crippen LogP contribution in [0, 0.1) is 11.8 Å². The third-order valence-corrected chi connectivity index (χ3v) is 5.70. The summed E-state index contributed by atoms with van der Waals surface area (Å²) in [7, 11) is 0. The van der Waals surface area contributed by atoms with Gasteiger partial charge in [-0.25, -0.2) is 9.59 Å². The van der Waals surface area contributed by atoms with Gasteiger partial charge in [0, 0.05) is 5.56 Å². The molecule has 3 N–H and O–H groups in total. The maximum atomic E-state index is 12.8. The first-order valence-electron chi connectivity index (χ1n) is 11.6. The van der Waals surface area contributed by atoms with E-state index in [2.05, 4.69) is 5.16 Å². The molecule has 0 radical (unpaired) electrons. The molecule has 1 atom stereocenters. The third kappa shape index (κ3) is 9.63. The van der Waals surface area contributed by atoms with Crippen LogP contribution in [-0.4, -0.2) is 34.5 Å². The summed E-state index contributed by atoms with van der Waals surface area (Å²) in [6.45, 7) is 5.33. The fourth-order valence-corrected chi connectivity index (χ4v) is 4.05.